The van der Waals surface area contributed by atoms with Gasteiger partial charge in [0.1, 0.15) is 18.7 Å². The average molecular weight is 505 g/mol. The first-order valence-corrected chi connectivity index (χ1v) is 12.5. The Labute approximate surface area is 216 Å². The van der Waals surface area contributed by atoms with Crippen LogP contribution in [0.2, 0.25) is 0 Å². The molecule has 1 amide bonds. The first-order valence-electron chi connectivity index (χ1n) is 12.5. The highest BCUT2D eigenvalue weighted by Gasteiger charge is 2.37. The highest BCUT2D eigenvalue weighted by molar-refractivity contribution is 5.86. The predicted molar refractivity (Wildman–Crippen MR) is 134 cm³/mol. The van der Waals surface area contributed by atoms with E-state index in [0.717, 1.165) is 24.8 Å². The molecule has 37 heavy (non-hydrogen) atoms. The van der Waals surface area contributed by atoms with E-state index in [1.54, 1.807) is 18.3 Å². The van der Waals surface area contributed by atoms with Crippen molar-refractivity contribution in [3.05, 3.63) is 66.1 Å². The average Bonchev–Trinajstić information content (AvgIpc) is 3.42. The van der Waals surface area contributed by atoms with Gasteiger partial charge in [0.15, 0.2) is 5.82 Å². The number of carbonyl (C=O) groups is 1. The van der Waals surface area contributed by atoms with Crippen molar-refractivity contribution in [1.29, 1.82) is 5.26 Å². The fourth-order valence-electron chi connectivity index (χ4n) is 4.39. The number of carbonyl (C=O) groups excluding carboxylic acids is 1. The van der Waals surface area contributed by atoms with Crippen LogP contribution in [0.5, 0.6) is 5.88 Å². The molecule has 2 heterocycles. The second-order valence-electron chi connectivity index (χ2n) is 9.22. The summed E-state index contributed by atoms with van der Waals surface area (Å²) in [6.45, 7) is 0.597. The molecule has 1 aliphatic rings. The Balaban J connectivity index is 1.53. The number of nitrogens with two attached hydrogens (primary N) is 1. The molecular weight excluding hydrogens is 472 g/mol. The minimum absolute atomic E-state index is 0.0945. The van der Waals surface area contributed by atoms with E-state index < -0.39 is 17.6 Å². The highest BCUT2D eigenvalue weighted by Crippen LogP contribution is 2.27. The van der Waals surface area contributed by atoms with Crippen molar-refractivity contribution in [2.45, 2.75) is 62.8 Å². The summed E-state index contributed by atoms with van der Waals surface area (Å²) in [5.74, 6) is 0.542. The van der Waals surface area contributed by atoms with E-state index in [0.29, 0.717) is 31.2 Å². The summed E-state index contributed by atoms with van der Waals surface area (Å²) in [6, 6.07) is 16.1. The Morgan fingerprint density at radius 2 is 1.92 bits per heavy atom. The second kappa shape index (κ2) is 12.9. The van der Waals surface area contributed by atoms with Gasteiger partial charge in [0.2, 0.25) is 11.8 Å². The molecule has 1 fully saturated rings. The Morgan fingerprint density at radius 3 is 2.65 bits per heavy atom. The van der Waals surface area contributed by atoms with Crippen LogP contribution in [-0.2, 0) is 16.1 Å². The molecule has 0 spiro atoms. The first kappa shape index (κ1) is 26.2. The molecule has 3 aromatic rings. The molecule has 11 heteroatoms. The smallest absolute Gasteiger partial charge is 0.240 e. The Morgan fingerprint density at radius 1 is 1.14 bits per heavy atom. The number of nitrogens with zero attached hydrogens (tertiary/aromatic N) is 6. The van der Waals surface area contributed by atoms with Gasteiger partial charge < -0.3 is 20.5 Å². The zero-order chi connectivity index (χ0) is 25.9. The van der Waals surface area contributed by atoms with Crippen LogP contribution in [-0.4, -0.2) is 49.9 Å². The highest BCUT2D eigenvalue weighted by atomic mass is 16.5. The maximum absolute atomic E-state index is 13.3. The van der Waals surface area contributed by atoms with Crippen LogP contribution in [0.15, 0.2) is 54.7 Å². The maximum Gasteiger partial charge on any atom is 0.240 e. The van der Waals surface area contributed by atoms with Gasteiger partial charge in [-0.2, -0.15) is 5.26 Å². The third kappa shape index (κ3) is 7.09. The number of benzene rings is 1. The number of ether oxygens (including phenoxy) is 2. The molecule has 0 bridgehead atoms. The molecule has 1 saturated carbocycles. The summed E-state index contributed by atoms with van der Waals surface area (Å²) >= 11 is 0. The number of nitrogens with one attached hydrogen (secondary N) is 1. The monoisotopic (exact) mass is 504 g/mol. The number of hydrogen-bond acceptors (Lipinski definition) is 9. The molecule has 4 rings (SSSR count). The number of amides is 1. The summed E-state index contributed by atoms with van der Waals surface area (Å²) in [5.41, 5.74) is 6.56. The quantitative estimate of drug-likeness (QED) is 0.379. The van der Waals surface area contributed by atoms with Gasteiger partial charge >= 0.3 is 0 Å². The summed E-state index contributed by atoms with van der Waals surface area (Å²) in [4.78, 5) is 17.5. The molecule has 0 unspecified atom stereocenters. The molecule has 1 aromatic carbocycles. The zero-order valence-corrected chi connectivity index (χ0v) is 20.7. The van der Waals surface area contributed by atoms with Crippen molar-refractivity contribution in [1.82, 2.24) is 30.5 Å². The predicted octanol–water partition coefficient (Wildman–Crippen LogP) is 2.64. The number of hydrogen-bond donors (Lipinski definition) is 2. The third-order valence-electron chi connectivity index (χ3n) is 6.46. The molecule has 1 aliphatic carbocycles. The lowest BCUT2D eigenvalue weighted by Gasteiger charge is -2.33. The van der Waals surface area contributed by atoms with Crippen molar-refractivity contribution < 1.29 is 14.3 Å². The van der Waals surface area contributed by atoms with Crippen molar-refractivity contribution >= 4 is 5.91 Å². The molecule has 194 valence electrons. The van der Waals surface area contributed by atoms with Crippen molar-refractivity contribution in [2.75, 3.05) is 13.2 Å². The van der Waals surface area contributed by atoms with Crippen molar-refractivity contribution in [3.8, 4) is 11.9 Å². The van der Waals surface area contributed by atoms with Crippen LogP contribution < -0.4 is 15.8 Å². The molecule has 2 atom stereocenters. The molecule has 0 saturated heterocycles. The van der Waals surface area contributed by atoms with E-state index in [1.165, 1.54) is 4.68 Å². The molecular formula is C26H32N8O3. The van der Waals surface area contributed by atoms with Gasteiger partial charge in [-0.15, -0.1) is 5.10 Å². The van der Waals surface area contributed by atoms with E-state index in [4.69, 9.17) is 15.2 Å². The normalized spacial score (nSPS) is 16.3. The molecule has 2 aromatic heterocycles. The first-order chi connectivity index (χ1) is 18.1. The van der Waals surface area contributed by atoms with Gasteiger partial charge in [0.25, 0.3) is 0 Å². The Bertz CT molecular complexity index is 1160. The Hall–Kier alpha value is -3.88. The van der Waals surface area contributed by atoms with Gasteiger partial charge in [-0.3, -0.25) is 4.79 Å². The molecule has 11 nitrogen and oxygen atoms in total. The zero-order valence-electron chi connectivity index (χ0n) is 20.7. The van der Waals surface area contributed by atoms with Gasteiger partial charge in [-0.05, 0) is 34.9 Å². The van der Waals surface area contributed by atoms with Gasteiger partial charge in [-0.1, -0.05) is 55.7 Å². The third-order valence-corrected chi connectivity index (χ3v) is 6.46. The fraction of sp³-hybridized carbons (Fsp3) is 0.462. The van der Waals surface area contributed by atoms with Gasteiger partial charge in [-0.25, -0.2) is 9.67 Å². The van der Waals surface area contributed by atoms with Crippen LogP contribution in [0, 0.1) is 11.3 Å². The molecule has 0 aliphatic heterocycles. The number of aromatic nitrogens is 5. The maximum atomic E-state index is 13.3. The standard InChI is InChI=1S/C26H32N8O3/c27-15-12-21(18-37-23-11-5-8-16-29-23)34-24(31-32-33-34)22(19-36-17-20-9-3-1-4-10-20)30-25(35)26(28)13-6-2-7-14-26/h1,3-5,8-11,16,21-22H,2,6-7,12-14,17-19,28H2,(H,30,35)/t21-,22-/m1/s1. The fourth-order valence-corrected chi connectivity index (χ4v) is 4.39. The van der Waals surface area contributed by atoms with Crippen molar-refractivity contribution in [2.24, 2.45) is 5.73 Å². The number of tetrazole rings is 1. The number of nitriles is 1. The van der Waals surface area contributed by atoms with Crippen LogP contribution in [0.3, 0.4) is 0 Å². The van der Waals surface area contributed by atoms with Crippen molar-refractivity contribution in [3.63, 3.8) is 0 Å². The van der Waals surface area contributed by atoms with E-state index in [2.05, 4.69) is 31.9 Å². The van der Waals surface area contributed by atoms with E-state index in [9.17, 15) is 10.1 Å². The minimum Gasteiger partial charge on any atom is -0.475 e. The lowest BCUT2D eigenvalue weighted by molar-refractivity contribution is -0.129. The summed E-state index contributed by atoms with van der Waals surface area (Å²) in [5, 5.41) is 24.7. The lowest BCUT2D eigenvalue weighted by Crippen LogP contribution is -2.56. The minimum atomic E-state index is -0.942. The lowest BCUT2D eigenvalue weighted by atomic mass is 9.82. The van der Waals surface area contributed by atoms with E-state index in [-0.39, 0.29) is 25.5 Å². The molecule has 0 radical (unpaired) electrons. The van der Waals surface area contributed by atoms with Crippen LogP contribution in [0.1, 0.15) is 62.0 Å². The SMILES string of the molecule is N#CC[C@H](COc1ccccn1)n1nnnc1[C@@H](COCc1ccccc1)NC(=O)C1(N)CCCCC1. The van der Waals surface area contributed by atoms with Crippen LogP contribution >= 0.6 is 0 Å². The van der Waals surface area contributed by atoms with E-state index in [1.807, 2.05) is 36.4 Å². The summed E-state index contributed by atoms with van der Waals surface area (Å²) in [7, 11) is 0. The van der Waals surface area contributed by atoms with Gasteiger partial charge in [0, 0.05) is 12.3 Å². The van der Waals surface area contributed by atoms with E-state index >= 15 is 0 Å². The van der Waals surface area contributed by atoms with Crippen LogP contribution in [0.25, 0.3) is 0 Å². The summed E-state index contributed by atoms with van der Waals surface area (Å²) in [6.07, 6.45) is 5.85. The summed E-state index contributed by atoms with van der Waals surface area (Å²) < 4.78 is 13.3. The topological polar surface area (TPSA) is 154 Å². The second-order valence-corrected chi connectivity index (χ2v) is 9.22. The number of pyridine rings is 1. The molecule has 3 N–H and O–H groups in total. The largest absolute Gasteiger partial charge is 0.475 e. The van der Waals surface area contributed by atoms with Crippen LogP contribution in [0.4, 0.5) is 0 Å². The van der Waals surface area contributed by atoms with Gasteiger partial charge in [0.05, 0.1) is 31.2 Å². The number of rotatable bonds is 12. The Kier molecular flexibility index (Phi) is 9.13.